The first-order chi connectivity index (χ1) is 9.38. The van der Waals surface area contributed by atoms with Crippen molar-refractivity contribution in [2.24, 2.45) is 0 Å². The van der Waals surface area contributed by atoms with Gasteiger partial charge in [-0.05, 0) is 77.9 Å². The quantitative estimate of drug-likeness (QED) is 0.642. The molecule has 0 bridgehead atoms. The van der Waals surface area contributed by atoms with Gasteiger partial charge in [0.2, 0.25) is 0 Å². The Morgan fingerprint density at radius 3 is 2.45 bits per heavy atom. The van der Waals surface area contributed by atoms with E-state index >= 15 is 0 Å². The van der Waals surface area contributed by atoms with Crippen LogP contribution in [0.25, 0.3) is 0 Å². The summed E-state index contributed by atoms with van der Waals surface area (Å²) < 4.78 is 1.17. The highest BCUT2D eigenvalue weighted by atomic mass is 127. The minimum absolute atomic E-state index is 0.240. The lowest BCUT2D eigenvalue weighted by molar-refractivity contribution is 0.102. The number of hydrogen-bond acceptors (Lipinski definition) is 1. The number of benzene rings is 2. The Bertz CT molecular complexity index is 686. The second kappa shape index (κ2) is 6.33. The molecule has 2 nitrogen and oxygen atoms in total. The van der Waals surface area contributed by atoms with E-state index in [0.29, 0.717) is 15.6 Å². The molecule has 0 saturated heterocycles. The number of anilines is 1. The number of carbonyl (C=O) groups is 1. The number of halogens is 3. The zero-order valence-corrected chi connectivity index (χ0v) is 14.6. The molecule has 0 fully saturated rings. The van der Waals surface area contributed by atoms with Crippen LogP contribution in [-0.2, 0) is 0 Å². The number of hydrogen-bond donors (Lipinski definition) is 1. The molecule has 0 aliphatic carbocycles. The first-order valence-electron chi connectivity index (χ1n) is 5.91. The summed E-state index contributed by atoms with van der Waals surface area (Å²) in [6, 6.07) is 8.82. The van der Waals surface area contributed by atoms with Gasteiger partial charge in [-0.3, -0.25) is 4.79 Å². The average molecular weight is 420 g/mol. The van der Waals surface area contributed by atoms with Gasteiger partial charge in [0.1, 0.15) is 0 Å². The van der Waals surface area contributed by atoms with Gasteiger partial charge in [-0.2, -0.15) is 0 Å². The Morgan fingerprint density at radius 2 is 1.80 bits per heavy atom. The second-order valence-corrected chi connectivity index (χ2v) is 6.50. The molecular weight excluding hydrogens is 408 g/mol. The van der Waals surface area contributed by atoms with Gasteiger partial charge in [0.25, 0.3) is 5.91 Å². The Balaban J connectivity index is 2.30. The van der Waals surface area contributed by atoms with Crippen molar-refractivity contribution in [3.05, 3.63) is 60.6 Å². The topological polar surface area (TPSA) is 29.1 Å². The number of nitrogens with one attached hydrogen (secondary N) is 1. The molecule has 2 rings (SSSR count). The number of amides is 1. The van der Waals surface area contributed by atoms with E-state index in [2.05, 4.69) is 27.9 Å². The maximum atomic E-state index is 12.3. The minimum Gasteiger partial charge on any atom is -0.322 e. The standard InChI is InChI=1S/C15H12Cl2INO/c1-8-6-14(9(2)5-13(8)18)19-15(20)11-4-3-10(16)7-12(11)17/h3-7H,1-2H3,(H,19,20). The maximum absolute atomic E-state index is 12.3. The van der Waals surface area contributed by atoms with Crippen LogP contribution in [-0.4, -0.2) is 5.91 Å². The third kappa shape index (κ3) is 3.45. The predicted octanol–water partition coefficient (Wildman–Crippen LogP) is 5.47. The Labute approximate surface area is 141 Å². The van der Waals surface area contributed by atoms with Crippen molar-refractivity contribution in [3.63, 3.8) is 0 Å². The average Bonchev–Trinajstić information content (AvgIpc) is 2.35. The van der Waals surface area contributed by atoms with Gasteiger partial charge < -0.3 is 5.32 Å². The molecule has 2 aromatic rings. The molecule has 0 saturated carbocycles. The smallest absolute Gasteiger partial charge is 0.257 e. The highest BCUT2D eigenvalue weighted by Gasteiger charge is 2.12. The fourth-order valence-corrected chi connectivity index (χ4v) is 2.90. The van der Waals surface area contributed by atoms with Crippen LogP contribution in [0.1, 0.15) is 21.5 Å². The highest BCUT2D eigenvalue weighted by Crippen LogP contribution is 2.25. The van der Waals surface area contributed by atoms with Crippen molar-refractivity contribution in [1.29, 1.82) is 0 Å². The van der Waals surface area contributed by atoms with Crippen LogP contribution in [0.2, 0.25) is 10.0 Å². The molecule has 0 heterocycles. The first-order valence-corrected chi connectivity index (χ1v) is 7.75. The summed E-state index contributed by atoms with van der Waals surface area (Å²) in [6.07, 6.45) is 0. The third-order valence-corrected chi connectivity index (χ3v) is 4.64. The van der Waals surface area contributed by atoms with Crippen molar-refractivity contribution >= 4 is 57.4 Å². The third-order valence-electron chi connectivity index (χ3n) is 2.93. The van der Waals surface area contributed by atoms with Gasteiger partial charge in [-0.25, -0.2) is 0 Å². The molecule has 0 spiro atoms. The van der Waals surface area contributed by atoms with Crippen LogP contribution in [0.4, 0.5) is 5.69 Å². The van der Waals surface area contributed by atoms with Gasteiger partial charge in [0, 0.05) is 14.3 Å². The van der Waals surface area contributed by atoms with Crippen LogP contribution in [0.5, 0.6) is 0 Å². The molecule has 20 heavy (non-hydrogen) atoms. The van der Waals surface area contributed by atoms with E-state index in [1.807, 2.05) is 26.0 Å². The molecule has 1 amide bonds. The summed E-state index contributed by atoms with van der Waals surface area (Å²) in [5, 5.41) is 3.73. The molecular formula is C15H12Cl2INO. The van der Waals surface area contributed by atoms with E-state index in [4.69, 9.17) is 23.2 Å². The Morgan fingerprint density at radius 1 is 1.10 bits per heavy atom. The predicted molar refractivity (Wildman–Crippen MR) is 93.0 cm³/mol. The van der Waals surface area contributed by atoms with E-state index in [-0.39, 0.29) is 5.91 Å². The molecule has 0 radical (unpaired) electrons. The molecule has 0 aliphatic rings. The van der Waals surface area contributed by atoms with Gasteiger partial charge >= 0.3 is 0 Å². The zero-order chi connectivity index (χ0) is 14.9. The fraction of sp³-hybridized carbons (Fsp3) is 0.133. The SMILES string of the molecule is Cc1cc(NC(=O)c2ccc(Cl)cc2Cl)c(C)cc1I. The van der Waals surface area contributed by atoms with Gasteiger partial charge in [0.05, 0.1) is 10.6 Å². The van der Waals surface area contributed by atoms with Gasteiger partial charge in [-0.15, -0.1) is 0 Å². The molecule has 0 aromatic heterocycles. The van der Waals surface area contributed by atoms with Crippen LogP contribution in [0, 0.1) is 17.4 Å². The van der Waals surface area contributed by atoms with E-state index in [0.717, 1.165) is 16.8 Å². The lowest BCUT2D eigenvalue weighted by Crippen LogP contribution is -2.13. The van der Waals surface area contributed by atoms with Crippen molar-refractivity contribution in [2.45, 2.75) is 13.8 Å². The summed E-state index contributed by atoms with van der Waals surface area (Å²) >= 11 is 14.1. The molecule has 0 aliphatic heterocycles. The molecule has 0 unspecified atom stereocenters. The maximum Gasteiger partial charge on any atom is 0.257 e. The van der Waals surface area contributed by atoms with Crippen LogP contribution in [0.15, 0.2) is 30.3 Å². The lowest BCUT2D eigenvalue weighted by Gasteiger charge is -2.11. The van der Waals surface area contributed by atoms with E-state index in [9.17, 15) is 4.79 Å². The summed E-state index contributed by atoms with van der Waals surface area (Å²) in [5.41, 5.74) is 3.33. The monoisotopic (exact) mass is 419 g/mol. The van der Waals surface area contributed by atoms with Crippen molar-refractivity contribution in [1.82, 2.24) is 0 Å². The molecule has 2 aromatic carbocycles. The zero-order valence-electron chi connectivity index (χ0n) is 10.9. The van der Waals surface area contributed by atoms with Crippen LogP contribution in [0.3, 0.4) is 0 Å². The van der Waals surface area contributed by atoms with Crippen molar-refractivity contribution < 1.29 is 4.79 Å². The summed E-state index contributed by atoms with van der Waals surface area (Å²) in [6.45, 7) is 3.97. The van der Waals surface area contributed by atoms with Crippen molar-refractivity contribution in [2.75, 3.05) is 5.32 Å². The second-order valence-electron chi connectivity index (χ2n) is 4.49. The number of aryl methyl sites for hydroxylation is 2. The first kappa shape index (κ1) is 15.6. The molecule has 0 atom stereocenters. The van der Waals surface area contributed by atoms with E-state index < -0.39 is 0 Å². The van der Waals surface area contributed by atoms with Crippen molar-refractivity contribution in [3.8, 4) is 0 Å². The summed E-state index contributed by atoms with van der Waals surface area (Å²) in [4.78, 5) is 12.3. The van der Waals surface area contributed by atoms with Gasteiger partial charge in [-0.1, -0.05) is 23.2 Å². The normalized spacial score (nSPS) is 10.4. The fourth-order valence-electron chi connectivity index (χ4n) is 1.78. The lowest BCUT2D eigenvalue weighted by atomic mass is 10.1. The summed E-state index contributed by atoms with van der Waals surface area (Å²) in [5.74, 6) is -0.240. The van der Waals surface area contributed by atoms with Gasteiger partial charge in [0.15, 0.2) is 0 Å². The minimum atomic E-state index is -0.240. The Kier molecular flexibility index (Phi) is 4.94. The highest BCUT2D eigenvalue weighted by molar-refractivity contribution is 14.1. The van der Waals surface area contributed by atoms with Crippen LogP contribution < -0.4 is 5.32 Å². The number of rotatable bonds is 2. The van der Waals surface area contributed by atoms with E-state index in [1.54, 1.807) is 18.2 Å². The van der Waals surface area contributed by atoms with E-state index in [1.165, 1.54) is 3.57 Å². The summed E-state index contributed by atoms with van der Waals surface area (Å²) in [7, 11) is 0. The molecule has 1 N–H and O–H groups in total. The van der Waals surface area contributed by atoms with Crippen LogP contribution >= 0.6 is 45.8 Å². The Hall–Kier alpha value is -0.780. The molecule has 104 valence electrons. The molecule has 5 heteroatoms. The largest absolute Gasteiger partial charge is 0.322 e. The number of carbonyl (C=O) groups excluding carboxylic acids is 1.